The predicted octanol–water partition coefficient (Wildman–Crippen LogP) is 3.39. The third-order valence-corrected chi connectivity index (χ3v) is 4.97. The molecule has 1 amide bonds. The van der Waals surface area contributed by atoms with Crippen LogP contribution in [0.15, 0.2) is 46.2 Å². The number of carbonyl (C=O) groups is 1. The molecule has 3 rings (SSSR count). The number of thioether (sulfide) groups is 1. The fourth-order valence-corrected chi connectivity index (χ4v) is 3.50. The van der Waals surface area contributed by atoms with Crippen LogP contribution in [0.25, 0.3) is 11.4 Å². The third-order valence-electron chi connectivity index (χ3n) is 2.44. The van der Waals surface area contributed by atoms with Crippen LogP contribution in [-0.2, 0) is 4.79 Å². The Hall–Kier alpha value is -1.77. The summed E-state index contributed by atoms with van der Waals surface area (Å²) in [5.74, 6) is 0.901. The molecule has 0 aliphatic heterocycles. The van der Waals surface area contributed by atoms with Gasteiger partial charge in [-0.15, -0.1) is 11.3 Å². The molecule has 2 aromatic heterocycles. The number of aromatic nitrogens is 3. The summed E-state index contributed by atoms with van der Waals surface area (Å²) >= 11 is 4.08. The van der Waals surface area contributed by atoms with E-state index in [-0.39, 0.29) is 5.91 Å². The van der Waals surface area contributed by atoms with Gasteiger partial charge in [-0.05, 0) is 11.5 Å². The van der Waals surface area contributed by atoms with E-state index in [0.717, 1.165) is 9.90 Å². The Morgan fingerprint density at radius 3 is 2.90 bits per heavy atom. The van der Waals surface area contributed by atoms with Crippen molar-refractivity contribution in [2.75, 3.05) is 11.1 Å². The van der Waals surface area contributed by atoms with Gasteiger partial charge in [0.2, 0.25) is 5.91 Å². The van der Waals surface area contributed by atoms with Gasteiger partial charge in [0.05, 0.1) is 5.75 Å². The van der Waals surface area contributed by atoms with E-state index in [2.05, 4.69) is 19.7 Å². The van der Waals surface area contributed by atoms with Gasteiger partial charge in [-0.1, -0.05) is 42.1 Å². The number of benzene rings is 1. The van der Waals surface area contributed by atoms with Crippen LogP contribution in [0.5, 0.6) is 0 Å². The highest BCUT2D eigenvalue weighted by atomic mass is 32.2. The van der Waals surface area contributed by atoms with Crippen LogP contribution in [-0.4, -0.2) is 26.0 Å². The molecule has 0 spiro atoms. The van der Waals surface area contributed by atoms with Gasteiger partial charge >= 0.3 is 0 Å². The lowest BCUT2D eigenvalue weighted by Crippen LogP contribution is -2.13. The van der Waals surface area contributed by atoms with Gasteiger partial charge in [0.25, 0.3) is 0 Å². The highest BCUT2D eigenvalue weighted by Crippen LogP contribution is 2.25. The van der Waals surface area contributed by atoms with Crippen LogP contribution in [0.4, 0.5) is 5.13 Å². The maximum absolute atomic E-state index is 11.8. The minimum Gasteiger partial charge on any atom is -0.301 e. The van der Waals surface area contributed by atoms with Crippen LogP contribution in [0.1, 0.15) is 0 Å². The molecule has 3 aromatic rings. The van der Waals surface area contributed by atoms with Crippen molar-refractivity contribution in [1.82, 2.24) is 14.3 Å². The summed E-state index contributed by atoms with van der Waals surface area (Å²) in [6.45, 7) is 0. The zero-order valence-electron chi connectivity index (χ0n) is 10.7. The second-order valence-electron chi connectivity index (χ2n) is 3.92. The molecule has 0 saturated carbocycles. The number of carbonyl (C=O) groups excluding carboxylic acids is 1. The highest BCUT2D eigenvalue weighted by Gasteiger charge is 2.10. The normalized spacial score (nSPS) is 10.5. The molecule has 0 aliphatic rings. The van der Waals surface area contributed by atoms with Gasteiger partial charge in [0.1, 0.15) is 0 Å². The van der Waals surface area contributed by atoms with E-state index >= 15 is 0 Å². The number of rotatable bonds is 5. The van der Waals surface area contributed by atoms with Crippen molar-refractivity contribution < 1.29 is 4.79 Å². The van der Waals surface area contributed by atoms with Crippen LogP contribution < -0.4 is 5.32 Å². The minimum atomic E-state index is -0.0913. The van der Waals surface area contributed by atoms with Crippen molar-refractivity contribution >= 4 is 45.7 Å². The van der Waals surface area contributed by atoms with Crippen molar-refractivity contribution in [3.05, 3.63) is 41.9 Å². The third kappa shape index (κ3) is 3.87. The molecule has 0 radical (unpaired) electrons. The Bertz CT molecular complexity index is 712. The lowest BCUT2D eigenvalue weighted by atomic mass is 10.2. The van der Waals surface area contributed by atoms with Crippen LogP contribution >= 0.6 is 34.6 Å². The van der Waals surface area contributed by atoms with Gasteiger partial charge in [-0.3, -0.25) is 4.79 Å². The first-order valence-corrected chi connectivity index (χ1v) is 8.66. The zero-order chi connectivity index (χ0) is 14.5. The monoisotopic (exact) mass is 334 g/mol. The van der Waals surface area contributed by atoms with E-state index in [0.29, 0.717) is 16.7 Å². The summed E-state index contributed by atoms with van der Waals surface area (Å²) in [4.78, 5) is 20.2. The molecule has 0 aliphatic carbocycles. The first-order valence-electron chi connectivity index (χ1n) is 6.02. The molecule has 1 N–H and O–H groups in total. The fourth-order valence-electron chi connectivity index (χ4n) is 1.54. The van der Waals surface area contributed by atoms with Gasteiger partial charge < -0.3 is 5.32 Å². The topological polar surface area (TPSA) is 67.8 Å². The molecule has 0 bridgehead atoms. The summed E-state index contributed by atoms with van der Waals surface area (Å²) in [5, 5.41) is 5.17. The number of anilines is 1. The molecule has 1 aromatic carbocycles. The molecule has 2 heterocycles. The molecule has 8 heteroatoms. The van der Waals surface area contributed by atoms with Crippen molar-refractivity contribution in [2.45, 2.75) is 4.34 Å². The molecule has 0 fully saturated rings. The van der Waals surface area contributed by atoms with Crippen molar-refractivity contribution in [3.63, 3.8) is 0 Å². The first-order chi connectivity index (χ1) is 10.3. The fraction of sp³-hybridized carbons (Fsp3) is 0.0769. The molecule has 21 heavy (non-hydrogen) atoms. The number of nitrogens with zero attached hydrogens (tertiary/aromatic N) is 3. The number of amides is 1. The summed E-state index contributed by atoms with van der Waals surface area (Å²) in [5.41, 5.74) is 0.979. The van der Waals surface area contributed by atoms with Gasteiger partial charge in [0, 0.05) is 17.1 Å². The van der Waals surface area contributed by atoms with Crippen LogP contribution in [0.3, 0.4) is 0 Å². The average Bonchev–Trinajstić information content (AvgIpc) is 3.17. The SMILES string of the molecule is O=C(CSc1nc(-c2ccccc2)ns1)Nc1nccs1. The van der Waals surface area contributed by atoms with Crippen molar-refractivity contribution in [1.29, 1.82) is 0 Å². The number of thiazole rings is 1. The highest BCUT2D eigenvalue weighted by molar-refractivity contribution is 8.01. The van der Waals surface area contributed by atoms with Crippen LogP contribution in [0, 0.1) is 0 Å². The largest absolute Gasteiger partial charge is 0.301 e. The lowest BCUT2D eigenvalue weighted by Gasteiger charge is -1.98. The van der Waals surface area contributed by atoms with Gasteiger partial charge in [-0.25, -0.2) is 9.97 Å². The first kappa shape index (κ1) is 14.2. The lowest BCUT2D eigenvalue weighted by molar-refractivity contribution is -0.113. The molecule has 0 atom stereocenters. The Morgan fingerprint density at radius 1 is 1.29 bits per heavy atom. The van der Waals surface area contributed by atoms with E-state index in [9.17, 15) is 4.79 Å². The summed E-state index contributed by atoms with van der Waals surface area (Å²) in [6, 6.07) is 9.78. The van der Waals surface area contributed by atoms with Crippen molar-refractivity contribution in [2.24, 2.45) is 0 Å². The zero-order valence-corrected chi connectivity index (χ0v) is 13.2. The Balaban J connectivity index is 1.56. The molecule has 0 unspecified atom stereocenters. The number of nitrogens with one attached hydrogen (secondary N) is 1. The summed E-state index contributed by atoms with van der Waals surface area (Å²) in [7, 11) is 0. The second-order valence-corrected chi connectivity index (χ2v) is 6.79. The average molecular weight is 334 g/mol. The van der Waals surface area contributed by atoms with Crippen LogP contribution in [0.2, 0.25) is 0 Å². The standard InChI is InChI=1S/C13H10N4OS3/c18-10(15-12-14-6-7-19-12)8-20-13-16-11(17-21-13)9-4-2-1-3-5-9/h1-7H,8H2,(H,14,15,18). The van der Waals surface area contributed by atoms with E-state index in [4.69, 9.17) is 0 Å². The second kappa shape index (κ2) is 6.79. The Kier molecular flexibility index (Phi) is 4.59. The maximum Gasteiger partial charge on any atom is 0.236 e. The summed E-state index contributed by atoms with van der Waals surface area (Å²) < 4.78 is 5.09. The van der Waals surface area contributed by atoms with Gasteiger partial charge in [0.15, 0.2) is 15.3 Å². The Labute approximate surface area is 133 Å². The quantitative estimate of drug-likeness (QED) is 0.724. The predicted molar refractivity (Wildman–Crippen MR) is 86.8 cm³/mol. The molecule has 106 valence electrons. The van der Waals surface area contributed by atoms with E-state index < -0.39 is 0 Å². The maximum atomic E-state index is 11.8. The molecular weight excluding hydrogens is 324 g/mol. The number of hydrogen-bond donors (Lipinski definition) is 1. The van der Waals surface area contributed by atoms with Crippen molar-refractivity contribution in [3.8, 4) is 11.4 Å². The van der Waals surface area contributed by atoms with E-state index in [1.165, 1.54) is 34.6 Å². The summed E-state index contributed by atoms with van der Waals surface area (Å²) in [6.07, 6.45) is 1.66. The smallest absolute Gasteiger partial charge is 0.236 e. The van der Waals surface area contributed by atoms with E-state index in [1.54, 1.807) is 6.20 Å². The molecular formula is C13H10N4OS3. The number of hydrogen-bond acceptors (Lipinski definition) is 7. The molecule has 0 saturated heterocycles. The molecule has 5 nitrogen and oxygen atoms in total. The van der Waals surface area contributed by atoms with Gasteiger partial charge in [-0.2, -0.15) is 4.37 Å². The van der Waals surface area contributed by atoms with E-state index in [1.807, 2.05) is 35.7 Å². The minimum absolute atomic E-state index is 0.0913. The Morgan fingerprint density at radius 2 is 2.14 bits per heavy atom.